The molecular formula is C26H26N2O5. The number of nitrogens with zero attached hydrogens (tertiary/aromatic N) is 1. The number of carbonyl (C=O) groups excluding carboxylic acids is 2. The molecule has 0 fully saturated rings. The maximum Gasteiger partial charge on any atom is 0.326 e. The number of benzene rings is 3. The molecule has 7 heteroatoms. The van der Waals surface area contributed by atoms with E-state index in [1.165, 1.54) is 4.90 Å². The summed E-state index contributed by atoms with van der Waals surface area (Å²) in [6.07, 6.45) is -0.217. The van der Waals surface area contributed by atoms with E-state index in [-0.39, 0.29) is 26.0 Å². The van der Waals surface area contributed by atoms with Gasteiger partial charge in [-0.15, -0.1) is 0 Å². The minimum atomic E-state index is -1.20. The molecule has 1 atom stereocenters. The van der Waals surface area contributed by atoms with E-state index in [0.717, 1.165) is 22.3 Å². The molecule has 170 valence electrons. The number of hydrogen-bond acceptors (Lipinski definition) is 4. The fourth-order valence-electron chi connectivity index (χ4n) is 3.62. The van der Waals surface area contributed by atoms with E-state index in [0.29, 0.717) is 5.56 Å². The fourth-order valence-corrected chi connectivity index (χ4v) is 3.62. The smallest absolute Gasteiger partial charge is 0.326 e. The molecule has 0 saturated heterocycles. The number of carboxylic acid groups (broad SMARTS) is 1. The summed E-state index contributed by atoms with van der Waals surface area (Å²) in [6.45, 7) is 0.0104. The fraction of sp³-hybridized carbons (Fsp3) is 0.192. The van der Waals surface area contributed by atoms with Crippen LogP contribution in [-0.4, -0.2) is 38.9 Å². The van der Waals surface area contributed by atoms with Crippen LogP contribution in [0.2, 0.25) is 0 Å². The number of carbonyl (C=O) groups is 3. The van der Waals surface area contributed by atoms with E-state index < -0.39 is 23.8 Å². The summed E-state index contributed by atoms with van der Waals surface area (Å²) in [6, 6.07) is 22.2. The summed E-state index contributed by atoms with van der Waals surface area (Å²) >= 11 is 0. The third-order valence-corrected chi connectivity index (χ3v) is 5.36. The first-order chi connectivity index (χ1) is 15.9. The van der Waals surface area contributed by atoms with Gasteiger partial charge in [-0.1, -0.05) is 60.7 Å². The molecule has 33 heavy (non-hydrogen) atoms. The second-order valence-electron chi connectivity index (χ2n) is 7.71. The maximum atomic E-state index is 13.4. The van der Waals surface area contributed by atoms with Crippen LogP contribution in [0.4, 0.5) is 0 Å². The van der Waals surface area contributed by atoms with Crippen LogP contribution in [0.15, 0.2) is 78.9 Å². The van der Waals surface area contributed by atoms with Crippen LogP contribution in [0.5, 0.6) is 0 Å². The van der Waals surface area contributed by atoms with Gasteiger partial charge < -0.3 is 20.8 Å². The molecule has 4 N–H and O–H groups in total. The Bertz CT molecular complexity index is 1110. The first-order valence-corrected chi connectivity index (χ1v) is 10.5. The van der Waals surface area contributed by atoms with Crippen LogP contribution in [0.3, 0.4) is 0 Å². The number of aliphatic hydroxyl groups excluding tert-OH is 1. The van der Waals surface area contributed by atoms with Crippen LogP contribution in [0.1, 0.15) is 34.3 Å². The largest absolute Gasteiger partial charge is 0.480 e. The number of nitrogens with two attached hydrogens (primary N) is 1. The lowest BCUT2D eigenvalue weighted by molar-refractivity contribution is -0.143. The molecule has 0 radical (unpaired) electrons. The molecule has 0 saturated carbocycles. The predicted molar refractivity (Wildman–Crippen MR) is 124 cm³/mol. The lowest BCUT2D eigenvalue weighted by Gasteiger charge is -2.29. The third kappa shape index (κ3) is 6.27. The van der Waals surface area contributed by atoms with Crippen molar-refractivity contribution in [1.29, 1.82) is 0 Å². The van der Waals surface area contributed by atoms with Gasteiger partial charge in [0.05, 0.1) is 6.61 Å². The lowest BCUT2D eigenvalue weighted by atomic mass is 10.0. The normalized spacial score (nSPS) is 11.5. The number of primary amides is 1. The van der Waals surface area contributed by atoms with E-state index in [2.05, 4.69) is 0 Å². The lowest BCUT2D eigenvalue weighted by Crippen LogP contribution is -2.45. The molecule has 3 rings (SSSR count). The standard InChI is InChI=1S/C26H26N2O5/c27-24(30)14-13-23(26(32)33)28(16-18-5-2-1-3-6-18)25(31)21-11-9-20(10-12-21)22-8-4-7-19(15-22)17-29/h1-12,15,23,29H,13-14,16-17H2,(H2,27,30)(H,32,33)/t23-/m0/s1. The van der Waals surface area contributed by atoms with Crippen LogP contribution < -0.4 is 5.73 Å². The first-order valence-electron chi connectivity index (χ1n) is 10.5. The van der Waals surface area contributed by atoms with E-state index >= 15 is 0 Å². The molecule has 0 heterocycles. The highest BCUT2D eigenvalue weighted by Gasteiger charge is 2.30. The zero-order valence-corrected chi connectivity index (χ0v) is 18.1. The third-order valence-electron chi connectivity index (χ3n) is 5.36. The van der Waals surface area contributed by atoms with Crippen molar-refractivity contribution in [3.05, 3.63) is 95.6 Å². The van der Waals surface area contributed by atoms with Gasteiger partial charge in [0.15, 0.2) is 0 Å². The maximum absolute atomic E-state index is 13.4. The molecule has 0 aliphatic heterocycles. The Labute approximate surface area is 192 Å². The van der Waals surface area contributed by atoms with E-state index in [4.69, 9.17) is 5.73 Å². The predicted octanol–water partition coefficient (Wildman–Crippen LogP) is 3.21. The Kier molecular flexibility index (Phi) is 7.94. The second kappa shape index (κ2) is 11.1. The molecule has 0 bridgehead atoms. The van der Waals surface area contributed by atoms with Gasteiger partial charge in [-0.05, 0) is 46.9 Å². The number of hydrogen-bond donors (Lipinski definition) is 3. The highest BCUT2D eigenvalue weighted by atomic mass is 16.4. The van der Waals surface area contributed by atoms with Gasteiger partial charge in [-0.2, -0.15) is 0 Å². The van der Waals surface area contributed by atoms with Crippen molar-refractivity contribution < 1.29 is 24.6 Å². The summed E-state index contributed by atoms with van der Waals surface area (Å²) in [7, 11) is 0. The molecule has 0 aliphatic rings. The van der Waals surface area contributed by atoms with Crippen LogP contribution >= 0.6 is 0 Å². The highest BCUT2D eigenvalue weighted by molar-refractivity contribution is 5.97. The SMILES string of the molecule is NC(=O)CC[C@@H](C(=O)O)N(Cc1ccccc1)C(=O)c1ccc(-c2cccc(CO)c2)cc1. The molecular weight excluding hydrogens is 420 g/mol. The van der Waals surface area contributed by atoms with Crippen molar-refractivity contribution in [2.45, 2.75) is 32.0 Å². The van der Waals surface area contributed by atoms with Gasteiger partial charge in [0.1, 0.15) is 6.04 Å². The van der Waals surface area contributed by atoms with Gasteiger partial charge in [0.2, 0.25) is 5.91 Å². The molecule has 3 aromatic rings. The molecule has 0 unspecified atom stereocenters. The average Bonchev–Trinajstić information content (AvgIpc) is 2.83. The number of aliphatic carboxylic acids is 1. The summed E-state index contributed by atoms with van der Waals surface area (Å²) in [5.74, 6) is -2.27. The Morgan fingerprint density at radius 2 is 1.52 bits per heavy atom. The van der Waals surface area contributed by atoms with Crippen molar-refractivity contribution in [2.24, 2.45) is 5.73 Å². The minimum Gasteiger partial charge on any atom is -0.480 e. The Hall–Kier alpha value is -3.97. The monoisotopic (exact) mass is 446 g/mol. The van der Waals surface area contributed by atoms with Crippen molar-refractivity contribution >= 4 is 17.8 Å². The quantitative estimate of drug-likeness (QED) is 0.442. The van der Waals surface area contributed by atoms with Gasteiger partial charge >= 0.3 is 5.97 Å². The van der Waals surface area contributed by atoms with Gasteiger partial charge in [0.25, 0.3) is 5.91 Å². The molecule has 0 aliphatic carbocycles. The van der Waals surface area contributed by atoms with Crippen molar-refractivity contribution in [2.75, 3.05) is 0 Å². The molecule has 2 amide bonds. The van der Waals surface area contributed by atoms with Crippen molar-refractivity contribution in [3.63, 3.8) is 0 Å². The number of rotatable bonds is 10. The zero-order valence-electron chi connectivity index (χ0n) is 18.1. The zero-order chi connectivity index (χ0) is 23.8. The van der Waals surface area contributed by atoms with Gasteiger partial charge in [-0.3, -0.25) is 9.59 Å². The highest BCUT2D eigenvalue weighted by Crippen LogP contribution is 2.23. The molecule has 7 nitrogen and oxygen atoms in total. The van der Waals surface area contributed by atoms with E-state index in [1.807, 2.05) is 54.6 Å². The second-order valence-corrected chi connectivity index (χ2v) is 7.71. The Balaban J connectivity index is 1.90. The first kappa shape index (κ1) is 23.7. The van der Waals surface area contributed by atoms with Crippen molar-refractivity contribution in [1.82, 2.24) is 4.90 Å². The number of amides is 2. The average molecular weight is 447 g/mol. The summed E-state index contributed by atoms with van der Waals surface area (Å²) < 4.78 is 0. The van der Waals surface area contributed by atoms with Crippen molar-refractivity contribution in [3.8, 4) is 11.1 Å². The molecule has 3 aromatic carbocycles. The number of aliphatic hydroxyl groups is 1. The van der Waals surface area contributed by atoms with Crippen LogP contribution in [0, 0.1) is 0 Å². The Morgan fingerprint density at radius 3 is 2.12 bits per heavy atom. The van der Waals surface area contributed by atoms with Crippen LogP contribution in [0.25, 0.3) is 11.1 Å². The topological polar surface area (TPSA) is 121 Å². The van der Waals surface area contributed by atoms with E-state index in [1.54, 1.807) is 24.3 Å². The summed E-state index contributed by atoms with van der Waals surface area (Å²) in [5.41, 5.74) is 8.86. The molecule has 0 aromatic heterocycles. The summed E-state index contributed by atoms with van der Waals surface area (Å²) in [4.78, 5) is 38.0. The summed E-state index contributed by atoms with van der Waals surface area (Å²) in [5, 5.41) is 19.2. The van der Waals surface area contributed by atoms with Gasteiger partial charge in [0, 0.05) is 18.5 Å². The van der Waals surface area contributed by atoms with E-state index in [9.17, 15) is 24.6 Å². The minimum absolute atomic E-state index is 0.0687. The molecule has 0 spiro atoms. The van der Waals surface area contributed by atoms with Crippen LogP contribution in [-0.2, 0) is 22.7 Å². The van der Waals surface area contributed by atoms with Gasteiger partial charge in [-0.25, -0.2) is 4.79 Å². The number of carboxylic acids is 1. The Morgan fingerprint density at radius 1 is 0.848 bits per heavy atom.